The van der Waals surface area contributed by atoms with E-state index in [0.29, 0.717) is 29.4 Å². The van der Waals surface area contributed by atoms with Crippen molar-refractivity contribution < 1.29 is 9.18 Å². The lowest BCUT2D eigenvalue weighted by atomic mass is 10.1. The van der Waals surface area contributed by atoms with E-state index in [1.165, 1.54) is 12.1 Å². The molecule has 2 aromatic heterocycles. The maximum absolute atomic E-state index is 13.6. The van der Waals surface area contributed by atoms with Gasteiger partial charge in [0.2, 0.25) is 11.9 Å². The number of anilines is 1. The van der Waals surface area contributed by atoms with Crippen LogP contribution < -0.4 is 11.1 Å². The van der Waals surface area contributed by atoms with Crippen LogP contribution in [0.5, 0.6) is 0 Å². The average Bonchev–Trinajstić information content (AvgIpc) is 3.33. The van der Waals surface area contributed by atoms with E-state index in [-0.39, 0.29) is 11.9 Å². The zero-order valence-corrected chi connectivity index (χ0v) is 20.2. The number of carbonyl (C=O) groups is 1. The summed E-state index contributed by atoms with van der Waals surface area (Å²) in [6.07, 6.45) is 3.44. The second-order valence-electron chi connectivity index (χ2n) is 8.68. The minimum Gasteiger partial charge on any atom is -0.366 e. The predicted molar refractivity (Wildman–Crippen MR) is 141 cm³/mol. The fourth-order valence-electron chi connectivity index (χ4n) is 4.14. The Bertz CT molecular complexity index is 1510. The summed E-state index contributed by atoms with van der Waals surface area (Å²) < 4.78 is 15.6. The minimum absolute atomic E-state index is 0.00157. The SMILES string of the molecule is C[C@H](Nc1nccc(-c2c(-c3ccc(F)cc3)ncn2Cc2ccc(C(N)=O)cc2)n1)c1ccccc1. The van der Waals surface area contributed by atoms with Gasteiger partial charge < -0.3 is 15.6 Å². The van der Waals surface area contributed by atoms with Crippen LogP contribution in [0.1, 0.15) is 34.5 Å². The van der Waals surface area contributed by atoms with Gasteiger partial charge in [-0.3, -0.25) is 4.79 Å². The van der Waals surface area contributed by atoms with E-state index in [9.17, 15) is 9.18 Å². The van der Waals surface area contributed by atoms with Gasteiger partial charge in [-0.15, -0.1) is 0 Å². The first-order chi connectivity index (χ1) is 18.0. The molecule has 0 aliphatic heterocycles. The molecule has 0 radical (unpaired) electrons. The van der Waals surface area contributed by atoms with Crippen molar-refractivity contribution in [1.82, 2.24) is 19.5 Å². The van der Waals surface area contributed by atoms with Crippen LogP contribution in [0.25, 0.3) is 22.6 Å². The zero-order chi connectivity index (χ0) is 25.8. The molecule has 0 saturated heterocycles. The lowest BCUT2D eigenvalue weighted by Crippen LogP contribution is -2.11. The third-order valence-electron chi connectivity index (χ3n) is 6.09. The fourth-order valence-corrected chi connectivity index (χ4v) is 4.14. The topological polar surface area (TPSA) is 98.7 Å². The molecule has 3 aromatic carbocycles. The van der Waals surface area contributed by atoms with Gasteiger partial charge in [-0.2, -0.15) is 0 Å². The summed E-state index contributed by atoms with van der Waals surface area (Å²) in [6, 6.07) is 25.2. The Balaban J connectivity index is 1.53. The van der Waals surface area contributed by atoms with Gasteiger partial charge in [0.25, 0.3) is 0 Å². The molecule has 37 heavy (non-hydrogen) atoms. The summed E-state index contributed by atoms with van der Waals surface area (Å²) >= 11 is 0. The molecule has 0 spiro atoms. The number of amides is 1. The summed E-state index contributed by atoms with van der Waals surface area (Å²) in [7, 11) is 0. The molecular formula is C29H25FN6O. The third kappa shape index (κ3) is 5.38. The largest absolute Gasteiger partial charge is 0.366 e. The van der Waals surface area contributed by atoms with Crippen molar-refractivity contribution >= 4 is 11.9 Å². The van der Waals surface area contributed by atoms with Crippen molar-refractivity contribution in [1.29, 1.82) is 0 Å². The Labute approximate surface area is 213 Å². The molecule has 7 nitrogen and oxygen atoms in total. The van der Waals surface area contributed by atoms with Crippen LogP contribution in [0.2, 0.25) is 0 Å². The predicted octanol–water partition coefficient (Wildman–Crippen LogP) is 5.47. The first-order valence-electron chi connectivity index (χ1n) is 11.8. The number of halogens is 1. The van der Waals surface area contributed by atoms with E-state index in [1.54, 1.807) is 36.8 Å². The molecular weight excluding hydrogens is 467 g/mol. The molecule has 0 bridgehead atoms. The molecule has 5 aromatic rings. The Kier molecular flexibility index (Phi) is 6.72. The van der Waals surface area contributed by atoms with Crippen LogP contribution in [0.15, 0.2) is 97.5 Å². The zero-order valence-electron chi connectivity index (χ0n) is 20.2. The van der Waals surface area contributed by atoms with Gasteiger partial charge in [0, 0.05) is 23.9 Å². The van der Waals surface area contributed by atoms with E-state index in [1.807, 2.05) is 53.1 Å². The van der Waals surface area contributed by atoms with Gasteiger partial charge in [0.15, 0.2) is 0 Å². The first kappa shape index (κ1) is 23.9. The first-order valence-corrected chi connectivity index (χ1v) is 11.8. The second kappa shape index (κ2) is 10.4. The number of nitrogens with one attached hydrogen (secondary N) is 1. The number of benzene rings is 3. The highest BCUT2D eigenvalue weighted by atomic mass is 19.1. The van der Waals surface area contributed by atoms with Crippen LogP contribution in [0, 0.1) is 5.82 Å². The summed E-state index contributed by atoms with van der Waals surface area (Å²) in [6.45, 7) is 2.53. The molecule has 184 valence electrons. The summed E-state index contributed by atoms with van der Waals surface area (Å²) in [5.41, 5.74) is 10.8. The van der Waals surface area contributed by atoms with Gasteiger partial charge in [-0.25, -0.2) is 19.3 Å². The van der Waals surface area contributed by atoms with Crippen molar-refractivity contribution in [2.24, 2.45) is 5.73 Å². The van der Waals surface area contributed by atoms with Crippen molar-refractivity contribution in [3.63, 3.8) is 0 Å². The van der Waals surface area contributed by atoms with Gasteiger partial charge >= 0.3 is 0 Å². The van der Waals surface area contributed by atoms with Crippen molar-refractivity contribution in [2.75, 3.05) is 5.32 Å². The average molecular weight is 493 g/mol. The maximum Gasteiger partial charge on any atom is 0.248 e. The molecule has 0 fully saturated rings. The summed E-state index contributed by atoms with van der Waals surface area (Å²) in [5.74, 6) is -0.306. The monoisotopic (exact) mass is 492 g/mol. The molecule has 1 atom stereocenters. The smallest absolute Gasteiger partial charge is 0.248 e. The van der Waals surface area contributed by atoms with E-state index >= 15 is 0 Å². The Morgan fingerprint density at radius 3 is 2.41 bits per heavy atom. The van der Waals surface area contributed by atoms with Gasteiger partial charge in [0.05, 0.1) is 29.5 Å². The summed E-state index contributed by atoms with van der Waals surface area (Å²) in [4.78, 5) is 25.3. The molecule has 0 unspecified atom stereocenters. The Hall–Kier alpha value is -4.85. The van der Waals surface area contributed by atoms with Gasteiger partial charge in [-0.1, -0.05) is 42.5 Å². The van der Waals surface area contributed by atoms with Crippen LogP contribution in [-0.2, 0) is 6.54 Å². The Morgan fingerprint density at radius 1 is 0.973 bits per heavy atom. The molecule has 3 N–H and O–H groups in total. The number of hydrogen-bond acceptors (Lipinski definition) is 5. The number of carbonyl (C=O) groups excluding carboxylic acids is 1. The van der Waals surface area contributed by atoms with Crippen LogP contribution in [0.3, 0.4) is 0 Å². The molecule has 0 aliphatic rings. The number of nitrogens with zero attached hydrogens (tertiary/aromatic N) is 4. The minimum atomic E-state index is -0.473. The number of nitrogens with two attached hydrogens (primary N) is 1. The quantitative estimate of drug-likeness (QED) is 0.299. The molecule has 1 amide bonds. The number of imidazole rings is 1. The van der Waals surface area contributed by atoms with Crippen LogP contribution in [0.4, 0.5) is 10.3 Å². The standard InChI is InChI=1S/C29H25FN6O/c1-19(21-5-3-2-4-6-21)34-29-32-16-15-25(35-29)27-26(22-11-13-24(30)14-12-22)33-18-36(27)17-20-7-9-23(10-8-20)28(31)37/h2-16,18-19H,17H2,1H3,(H2,31,37)(H,32,34,35)/t19-/m0/s1. The van der Waals surface area contributed by atoms with Crippen LogP contribution in [-0.4, -0.2) is 25.4 Å². The van der Waals surface area contributed by atoms with Crippen molar-refractivity contribution in [3.8, 4) is 22.6 Å². The van der Waals surface area contributed by atoms with E-state index in [2.05, 4.69) is 22.2 Å². The lowest BCUT2D eigenvalue weighted by molar-refractivity contribution is 0.100. The molecule has 2 heterocycles. The van der Waals surface area contributed by atoms with Crippen molar-refractivity contribution in [2.45, 2.75) is 19.5 Å². The van der Waals surface area contributed by atoms with Crippen molar-refractivity contribution in [3.05, 3.63) is 120 Å². The molecule has 8 heteroatoms. The highest BCUT2D eigenvalue weighted by Crippen LogP contribution is 2.31. The normalized spacial score (nSPS) is 11.7. The van der Waals surface area contributed by atoms with Gasteiger partial charge in [-0.05, 0) is 60.5 Å². The number of aromatic nitrogens is 4. The number of primary amides is 1. The number of rotatable bonds is 8. The number of hydrogen-bond donors (Lipinski definition) is 2. The maximum atomic E-state index is 13.6. The lowest BCUT2D eigenvalue weighted by Gasteiger charge is -2.15. The van der Waals surface area contributed by atoms with Crippen LogP contribution >= 0.6 is 0 Å². The fraction of sp³-hybridized carbons (Fsp3) is 0.103. The van der Waals surface area contributed by atoms with E-state index < -0.39 is 5.91 Å². The molecule has 0 aliphatic carbocycles. The van der Waals surface area contributed by atoms with Gasteiger partial charge in [0.1, 0.15) is 5.82 Å². The molecule has 5 rings (SSSR count). The Morgan fingerprint density at radius 2 is 1.70 bits per heavy atom. The molecule has 0 saturated carbocycles. The summed E-state index contributed by atoms with van der Waals surface area (Å²) in [5, 5.41) is 3.37. The highest BCUT2D eigenvalue weighted by Gasteiger charge is 2.18. The highest BCUT2D eigenvalue weighted by molar-refractivity contribution is 5.92. The second-order valence-corrected chi connectivity index (χ2v) is 8.68. The van der Waals surface area contributed by atoms with E-state index in [0.717, 1.165) is 22.4 Å². The van der Waals surface area contributed by atoms with E-state index in [4.69, 9.17) is 10.7 Å². The third-order valence-corrected chi connectivity index (χ3v) is 6.09.